The lowest BCUT2D eigenvalue weighted by Gasteiger charge is -2.17. The largest absolute Gasteiger partial charge is 0.481 e. The highest BCUT2D eigenvalue weighted by Gasteiger charge is 2.14. The summed E-state index contributed by atoms with van der Waals surface area (Å²) in [4.78, 5) is 23.0. The van der Waals surface area contributed by atoms with Crippen molar-refractivity contribution in [3.63, 3.8) is 0 Å². The minimum absolute atomic E-state index is 0.0383. The molecule has 0 saturated heterocycles. The Balaban J connectivity index is 1.93. The predicted octanol–water partition coefficient (Wildman–Crippen LogP) is 3.90. The smallest absolute Gasteiger partial charge is 0.407 e. The van der Waals surface area contributed by atoms with Crippen molar-refractivity contribution in [2.45, 2.75) is 31.8 Å². The summed E-state index contributed by atoms with van der Waals surface area (Å²) in [7, 11) is 0. The molecule has 0 spiro atoms. The van der Waals surface area contributed by atoms with Crippen LogP contribution in [0.4, 0.5) is 4.79 Å². The average molecular weight is 409 g/mol. The molecule has 1 atom stereocenters. The first-order chi connectivity index (χ1) is 14.4. The molecule has 2 aromatic carbocycles. The van der Waals surface area contributed by atoms with Crippen LogP contribution in [-0.2, 0) is 16.1 Å². The Bertz CT molecular complexity index is 881. The van der Waals surface area contributed by atoms with Crippen molar-refractivity contribution in [2.75, 3.05) is 6.54 Å². The van der Waals surface area contributed by atoms with Crippen molar-refractivity contribution in [3.8, 4) is 0 Å². The fourth-order valence-corrected chi connectivity index (χ4v) is 3.00. The number of nitrogens with one attached hydrogen (secondary N) is 2. The molecular formula is C23H27N3O4. The first-order valence-electron chi connectivity index (χ1n) is 9.72. The summed E-state index contributed by atoms with van der Waals surface area (Å²) < 4.78 is 5.20. The average Bonchev–Trinajstić information content (AvgIpc) is 2.74. The van der Waals surface area contributed by atoms with Crippen molar-refractivity contribution < 1.29 is 19.4 Å². The van der Waals surface area contributed by atoms with Crippen LogP contribution in [0.3, 0.4) is 0 Å². The first kappa shape index (κ1) is 22.7. The number of amidine groups is 1. The SMILES string of the molecule is N=C(N)C=Cc1cccc(C(CCNC(=O)OCc2ccccc2)CCC(=O)O)c1. The van der Waals surface area contributed by atoms with Crippen LogP contribution in [0, 0.1) is 5.41 Å². The summed E-state index contributed by atoms with van der Waals surface area (Å²) in [5.74, 6) is -0.940. The summed E-state index contributed by atoms with van der Waals surface area (Å²) >= 11 is 0. The van der Waals surface area contributed by atoms with E-state index in [2.05, 4.69) is 5.32 Å². The number of ether oxygens (including phenoxy) is 1. The van der Waals surface area contributed by atoms with E-state index in [4.69, 9.17) is 21.0 Å². The van der Waals surface area contributed by atoms with Gasteiger partial charge in [0.1, 0.15) is 12.4 Å². The van der Waals surface area contributed by atoms with Crippen LogP contribution in [0.15, 0.2) is 60.7 Å². The lowest BCUT2D eigenvalue weighted by Crippen LogP contribution is -2.26. The van der Waals surface area contributed by atoms with Crippen molar-refractivity contribution >= 4 is 24.0 Å². The molecule has 0 aliphatic carbocycles. The maximum absolute atomic E-state index is 11.9. The van der Waals surface area contributed by atoms with Gasteiger partial charge in [-0.15, -0.1) is 0 Å². The van der Waals surface area contributed by atoms with Crippen LogP contribution in [0.1, 0.15) is 41.9 Å². The molecule has 0 aromatic heterocycles. The number of carboxylic acid groups (broad SMARTS) is 1. The summed E-state index contributed by atoms with van der Waals surface area (Å²) in [6.45, 7) is 0.561. The number of rotatable bonds is 11. The maximum Gasteiger partial charge on any atom is 0.407 e. The Morgan fingerprint density at radius 2 is 1.90 bits per heavy atom. The number of amides is 1. The fourth-order valence-electron chi connectivity index (χ4n) is 3.00. The van der Waals surface area contributed by atoms with Gasteiger partial charge in [-0.2, -0.15) is 0 Å². The normalized spacial score (nSPS) is 11.7. The minimum atomic E-state index is -0.858. The summed E-state index contributed by atoms with van der Waals surface area (Å²) in [5.41, 5.74) is 8.11. The fraction of sp³-hybridized carbons (Fsp3) is 0.261. The Kier molecular flexibility index (Phi) is 9.12. The highest BCUT2D eigenvalue weighted by molar-refractivity contribution is 5.92. The zero-order valence-corrected chi connectivity index (χ0v) is 16.7. The summed E-state index contributed by atoms with van der Waals surface area (Å²) in [5, 5.41) is 19.1. The van der Waals surface area contributed by atoms with E-state index in [1.165, 1.54) is 6.08 Å². The Morgan fingerprint density at radius 1 is 1.13 bits per heavy atom. The molecular weight excluding hydrogens is 382 g/mol. The second kappa shape index (κ2) is 12.1. The molecule has 0 bridgehead atoms. The predicted molar refractivity (Wildman–Crippen MR) is 116 cm³/mol. The number of hydrogen-bond donors (Lipinski definition) is 4. The van der Waals surface area contributed by atoms with E-state index < -0.39 is 12.1 Å². The van der Waals surface area contributed by atoms with Gasteiger partial charge in [-0.05, 0) is 41.5 Å². The lowest BCUT2D eigenvalue weighted by atomic mass is 9.90. The molecule has 0 aliphatic rings. The number of nitrogens with two attached hydrogens (primary N) is 1. The van der Waals surface area contributed by atoms with E-state index in [9.17, 15) is 9.59 Å². The topological polar surface area (TPSA) is 126 Å². The molecule has 2 aromatic rings. The molecule has 2 rings (SSSR count). The molecule has 0 aliphatic heterocycles. The van der Waals surface area contributed by atoms with Crippen LogP contribution < -0.4 is 11.1 Å². The van der Waals surface area contributed by atoms with E-state index in [1.807, 2.05) is 54.6 Å². The molecule has 1 unspecified atom stereocenters. The van der Waals surface area contributed by atoms with Crippen LogP contribution in [0.25, 0.3) is 6.08 Å². The van der Waals surface area contributed by atoms with Gasteiger partial charge in [0.15, 0.2) is 0 Å². The Labute approximate surface area is 176 Å². The first-order valence-corrected chi connectivity index (χ1v) is 9.72. The molecule has 7 nitrogen and oxygen atoms in total. The third-order valence-corrected chi connectivity index (χ3v) is 4.52. The van der Waals surface area contributed by atoms with Gasteiger partial charge in [-0.3, -0.25) is 10.2 Å². The highest BCUT2D eigenvalue weighted by Crippen LogP contribution is 2.26. The number of carbonyl (C=O) groups excluding carboxylic acids is 1. The Hall–Kier alpha value is -3.61. The molecule has 7 heteroatoms. The van der Waals surface area contributed by atoms with Gasteiger partial charge in [0.25, 0.3) is 0 Å². The number of hydrogen-bond acceptors (Lipinski definition) is 4. The van der Waals surface area contributed by atoms with Gasteiger partial charge in [0, 0.05) is 13.0 Å². The summed E-state index contributed by atoms with van der Waals surface area (Å²) in [6, 6.07) is 17.1. The Morgan fingerprint density at radius 3 is 2.60 bits per heavy atom. The standard InChI is InChI=1S/C23H27N3O4/c24-21(25)11-9-17-7-4-8-20(15-17)19(10-12-22(27)28)13-14-26-23(29)30-16-18-5-2-1-3-6-18/h1-9,11,15,19H,10,12-14,16H2,(H3,24,25)(H,26,29)(H,27,28). The second-order valence-electron chi connectivity index (χ2n) is 6.87. The van der Waals surface area contributed by atoms with Gasteiger partial charge >= 0.3 is 12.1 Å². The van der Waals surface area contributed by atoms with Crippen LogP contribution in [0.2, 0.25) is 0 Å². The molecule has 30 heavy (non-hydrogen) atoms. The van der Waals surface area contributed by atoms with Gasteiger partial charge < -0.3 is 20.9 Å². The van der Waals surface area contributed by atoms with E-state index in [0.717, 1.165) is 16.7 Å². The lowest BCUT2D eigenvalue weighted by molar-refractivity contribution is -0.137. The van der Waals surface area contributed by atoms with Crippen LogP contribution in [-0.4, -0.2) is 29.5 Å². The third kappa shape index (κ3) is 8.60. The van der Waals surface area contributed by atoms with Gasteiger partial charge in [0.05, 0.1) is 0 Å². The van der Waals surface area contributed by atoms with Gasteiger partial charge in [-0.25, -0.2) is 4.79 Å². The van der Waals surface area contributed by atoms with Gasteiger partial charge in [0.2, 0.25) is 0 Å². The number of alkyl carbamates (subject to hydrolysis) is 1. The third-order valence-electron chi connectivity index (χ3n) is 4.52. The quantitative estimate of drug-likeness (QED) is 0.331. The maximum atomic E-state index is 11.9. The minimum Gasteiger partial charge on any atom is -0.481 e. The van der Waals surface area contributed by atoms with Crippen molar-refractivity contribution in [1.29, 1.82) is 5.41 Å². The van der Waals surface area contributed by atoms with Crippen molar-refractivity contribution in [2.24, 2.45) is 5.73 Å². The van der Waals surface area contributed by atoms with Crippen LogP contribution >= 0.6 is 0 Å². The zero-order chi connectivity index (χ0) is 21.8. The monoisotopic (exact) mass is 409 g/mol. The number of benzene rings is 2. The molecule has 0 fully saturated rings. The van der Waals surface area contributed by atoms with E-state index >= 15 is 0 Å². The van der Waals surface area contributed by atoms with Gasteiger partial charge in [-0.1, -0.05) is 60.7 Å². The molecule has 0 heterocycles. The number of carbonyl (C=O) groups is 2. The van der Waals surface area contributed by atoms with Crippen molar-refractivity contribution in [3.05, 3.63) is 77.4 Å². The van der Waals surface area contributed by atoms with E-state index in [0.29, 0.717) is 19.4 Å². The number of carboxylic acids is 1. The van der Waals surface area contributed by atoms with Crippen molar-refractivity contribution in [1.82, 2.24) is 5.32 Å². The molecule has 0 radical (unpaired) electrons. The molecule has 1 amide bonds. The molecule has 5 N–H and O–H groups in total. The van der Waals surface area contributed by atoms with Crippen LogP contribution in [0.5, 0.6) is 0 Å². The molecule has 0 saturated carbocycles. The highest BCUT2D eigenvalue weighted by atomic mass is 16.5. The van der Waals surface area contributed by atoms with E-state index in [-0.39, 0.29) is 24.8 Å². The van der Waals surface area contributed by atoms with E-state index in [1.54, 1.807) is 6.08 Å². The number of aliphatic carboxylic acids is 1. The second-order valence-corrected chi connectivity index (χ2v) is 6.87. The zero-order valence-electron chi connectivity index (χ0n) is 16.7. The molecule has 158 valence electrons. The summed E-state index contributed by atoms with van der Waals surface area (Å²) in [6.07, 6.45) is 3.80.